The van der Waals surface area contributed by atoms with Crippen LogP contribution in [0.4, 0.5) is 5.82 Å². The van der Waals surface area contributed by atoms with Crippen molar-refractivity contribution in [2.45, 2.75) is 19.5 Å². The molecule has 1 aromatic carbocycles. The zero-order valence-electron chi connectivity index (χ0n) is 13.3. The second-order valence-electron chi connectivity index (χ2n) is 5.44. The van der Waals surface area contributed by atoms with Gasteiger partial charge in [0.05, 0.1) is 17.8 Å². The summed E-state index contributed by atoms with van der Waals surface area (Å²) in [5, 5.41) is 12.9. The lowest BCUT2D eigenvalue weighted by atomic mass is 10.2. The number of carbonyl (C=O) groups excluding carboxylic acids is 1. The van der Waals surface area contributed by atoms with E-state index in [1.54, 1.807) is 40.0 Å². The molecule has 1 N–H and O–H groups in total. The van der Waals surface area contributed by atoms with Crippen molar-refractivity contribution < 1.29 is 4.79 Å². The number of anilines is 1. The number of aryl methyl sites for hydroxylation is 1. The highest BCUT2D eigenvalue weighted by Crippen LogP contribution is 2.26. The van der Waals surface area contributed by atoms with Gasteiger partial charge in [-0.3, -0.25) is 14.2 Å². The first kappa shape index (κ1) is 19.0. The van der Waals surface area contributed by atoms with Crippen LogP contribution in [0.25, 0.3) is 0 Å². The quantitative estimate of drug-likeness (QED) is 0.610. The summed E-state index contributed by atoms with van der Waals surface area (Å²) in [7, 11) is 0. The zero-order valence-corrected chi connectivity index (χ0v) is 16.3. The van der Waals surface area contributed by atoms with E-state index >= 15 is 0 Å². The molecule has 0 aliphatic carbocycles. The molecule has 136 valence electrons. The monoisotopic (exact) mass is 431 g/mol. The molecule has 3 rings (SSSR count). The topological polar surface area (TPSA) is 64.7 Å². The summed E-state index contributed by atoms with van der Waals surface area (Å²) in [5.74, 6) is 0.0397. The molecule has 0 aliphatic rings. The number of halogens is 4. The minimum Gasteiger partial charge on any atom is -0.308 e. The molecule has 0 aliphatic heterocycles. The Kier molecular flexibility index (Phi) is 6.09. The Bertz CT molecular complexity index is 916. The molecule has 10 heteroatoms. The van der Waals surface area contributed by atoms with E-state index in [1.807, 2.05) is 0 Å². The second-order valence-corrected chi connectivity index (χ2v) is 7.10. The van der Waals surface area contributed by atoms with Crippen molar-refractivity contribution >= 4 is 58.1 Å². The Labute approximate surface area is 169 Å². The minimum atomic E-state index is -0.237. The molecule has 0 unspecified atom stereocenters. The fourth-order valence-electron chi connectivity index (χ4n) is 2.28. The number of carbonyl (C=O) groups is 1. The first-order valence-corrected chi connectivity index (χ1v) is 9.07. The van der Waals surface area contributed by atoms with Gasteiger partial charge in [-0.05, 0) is 12.1 Å². The Balaban J connectivity index is 1.63. The van der Waals surface area contributed by atoms with Gasteiger partial charge in [0.1, 0.15) is 5.02 Å². The van der Waals surface area contributed by atoms with Crippen molar-refractivity contribution in [1.29, 1.82) is 0 Å². The molecule has 1 amide bonds. The van der Waals surface area contributed by atoms with Gasteiger partial charge in [-0.2, -0.15) is 10.2 Å². The van der Waals surface area contributed by atoms with Gasteiger partial charge in [-0.25, -0.2) is 0 Å². The molecule has 2 heterocycles. The second kappa shape index (κ2) is 8.31. The van der Waals surface area contributed by atoms with Crippen LogP contribution in [-0.2, 0) is 17.9 Å². The predicted molar refractivity (Wildman–Crippen MR) is 103 cm³/mol. The lowest BCUT2D eigenvalue weighted by molar-refractivity contribution is -0.116. The Morgan fingerprint density at radius 2 is 1.77 bits per heavy atom. The third kappa shape index (κ3) is 4.71. The number of benzene rings is 1. The maximum absolute atomic E-state index is 12.1. The fourth-order valence-corrected chi connectivity index (χ4v) is 3.15. The number of nitrogens with zero attached hydrogens (tertiary/aromatic N) is 4. The van der Waals surface area contributed by atoms with Crippen LogP contribution in [0.1, 0.15) is 12.0 Å². The largest absolute Gasteiger partial charge is 0.308 e. The van der Waals surface area contributed by atoms with Crippen molar-refractivity contribution in [3.63, 3.8) is 0 Å². The van der Waals surface area contributed by atoms with Gasteiger partial charge in [-0.15, -0.1) is 0 Å². The summed E-state index contributed by atoms with van der Waals surface area (Å²) in [6.45, 7) is 0.728. The van der Waals surface area contributed by atoms with Crippen LogP contribution in [0, 0.1) is 0 Å². The Morgan fingerprint density at radius 3 is 2.42 bits per heavy atom. The number of nitrogens with one attached hydrogen (secondary N) is 1. The van der Waals surface area contributed by atoms with Crippen LogP contribution >= 0.6 is 46.4 Å². The molecule has 6 nitrogen and oxygen atoms in total. The average Bonchev–Trinajstić information content (AvgIpc) is 3.15. The highest BCUT2D eigenvalue weighted by molar-refractivity contribution is 6.36. The summed E-state index contributed by atoms with van der Waals surface area (Å²) in [6, 6.07) is 5.26. The van der Waals surface area contributed by atoms with E-state index in [4.69, 9.17) is 46.4 Å². The lowest BCUT2D eigenvalue weighted by Gasteiger charge is -2.07. The minimum absolute atomic E-state index is 0.206. The zero-order chi connectivity index (χ0) is 18.7. The number of amides is 1. The molecular formula is C16H13Cl4N5O. The number of rotatable bonds is 6. The molecule has 0 atom stereocenters. The third-order valence-electron chi connectivity index (χ3n) is 3.53. The summed E-state index contributed by atoms with van der Waals surface area (Å²) < 4.78 is 3.15. The van der Waals surface area contributed by atoms with E-state index in [-0.39, 0.29) is 18.1 Å². The average molecular weight is 433 g/mol. The van der Waals surface area contributed by atoms with Crippen LogP contribution in [-0.4, -0.2) is 25.5 Å². The van der Waals surface area contributed by atoms with Gasteiger partial charge in [0, 0.05) is 41.0 Å². The SMILES string of the molecule is O=C(CCn1cc(Cl)cn1)Nc1nn(Cc2c(Cl)cccc2Cl)cc1Cl. The Morgan fingerprint density at radius 1 is 1.04 bits per heavy atom. The molecule has 0 spiro atoms. The van der Waals surface area contributed by atoms with Crippen LogP contribution in [0.5, 0.6) is 0 Å². The number of aromatic nitrogens is 4. The van der Waals surface area contributed by atoms with Crippen LogP contribution in [0.2, 0.25) is 20.1 Å². The van der Waals surface area contributed by atoms with Crippen molar-refractivity contribution in [1.82, 2.24) is 19.6 Å². The normalized spacial score (nSPS) is 10.9. The maximum atomic E-state index is 12.1. The van der Waals surface area contributed by atoms with Gasteiger partial charge in [0.15, 0.2) is 5.82 Å². The van der Waals surface area contributed by atoms with Crippen LogP contribution < -0.4 is 5.32 Å². The molecule has 0 saturated heterocycles. The van der Waals surface area contributed by atoms with Crippen LogP contribution in [0.3, 0.4) is 0 Å². The van der Waals surface area contributed by atoms with Crippen molar-refractivity contribution in [3.05, 3.63) is 62.4 Å². The highest BCUT2D eigenvalue weighted by atomic mass is 35.5. The van der Waals surface area contributed by atoms with E-state index < -0.39 is 0 Å². The van der Waals surface area contributed by atoms with Gasteiger partial charge in [0.25, 0.3) is 0 Å². The standard InChI is InChI=1S/C16H13Cl4N5O/c17-10-6-21-24(7-10)5-4-15(26)22-16-14(20)9-25(23-16)8-11-12(18)2-1-3-13(11)19/h1-3,6-7,9H,4-5,8H2,(H,22,23,26). The van der Waals surface area contributed by atoms with E-state index in [9.17, 15) is 4.79 Å². The van der Waals surface area contributed by atoms with Crippen molar-refractivity contribution in [2.75, 3.05) is 5.32 Å². The van der Waals surface area contributed by atoms with Gasteiger partial charge in [-0.1, -0.05) is 52.5 Å². The Hall–Kier alpha value is -1.73. The highest BCUT2D eigenvalue weighted by Gasteiger charge is 2.13. The molecule has 3 aromatic rings. The molecule has 0 bridgehead atoms. The molecule has 0 radical (unpaired) electrons. The van der Waals surface area contributed by atoms with Crippen LogP contribution in [0.15, 0.2) is 36.8 Å². The summed E-state index contributed by atoms with van der Waals surface area (Å²) in [5.41, 5.74) is 0.725. The fraction of sp³-hybridized carbons (Fsp3) is 0.188. The first-order valence-electron chi connectivity index (χ1n) is 7.56. The van der Waals surface area contributed by atoms with Crippen molar-refractivity contribution in [3.8, 4) is 0 Å². The first-order chi connectivity index (χ1) is 12.4. The third-order valence-corrected chi connectivity index (χ3v) is 4.71. The number of hydrogen-bond acceptors (Lipinski definition) is 3. The van der Waals surface area contributed by atoms with Gasteiger partial charge < -0.3 is 5.32 Å². The lowest BCUT2D eigenvalue weighted by Crippen LogP contribution is -2.15. The predicted octanol–water partition coefficient (Wildman–Crippen LogP) is 4.77. The number of hydrogen-bond donors (Lipinski definition) is 1. The molecule has 26 heavy (non-hydrogen) atoms. The van der Waals surface area contributed by atoms with E-state index in [1.165, 1.54) is 6.20 Å². The van der Waals surface area contributed by atoms with E-state index in [0.29, 0.717) is 33.2 Å². The van der Waals surface area contributed by atoms with Crippen molar-refractivity contribution in [2.24, 2.45) is 0 Å². The summed E-state index contributed by atoms with van der Waals surface area (Å²) in [4.78, 5) is 12.1. The van der Waals surface area contributed by atoms with E-state index in [0.717, 1.165) is 5.56 Å². The molecule has 2 aromatic heterocycles. The summed E-state index contributed by atoms with van der Waals surface area (Å²) in [6.07, 6.45) is 4.96. The van der Waals surface area contributed by atoms with Gasteiger partial charge in [0.2, 0.25) is 5.91 Å². The van der Waals surface area contributed by atoms with Gasteiger partial charge >= 0.3 is 0 Å². The molecule has 0 fully saturated rings. The molecular weight excluding hydrogens is 420 g/mol. The smallest absolute Gasteiger partial charge is 0.227 e. The summed E-state index contributed by atoms with van der Waals surface area (Å²) >= 11 is 24.3. The van der Waals surface area contributed by atoms with E-state index in [2.05, 4.69) is 15.5 Å². The maximum Gasteiger partial charge on any atom is 0.227 e. The molecule has 0 saturated carbocycles.